The van der Waals surface area contributed by atoms with Crippen molar-refractivity contribution in [1.82, 2.24) is 4.98 Å². The fourth-order valence-corrected chi connectivity index (χ4v) is 3.79. The minimum absolute atomic E-state index is 0.347. The molecule has 1 aliphatic rings. The average molecular weight is 344 g/mol. The van der Waals surface area contributed by atoms with Crippen molar-refractivity contribution < 1.29 is 4.74 Å². The van der Waals surface area contributed by atoms with E-state index in [-0.39, 0.29) is 5.54 Å². The number of aryl methyl sites for hydroxylation is 1. The van der Waals surface area contributed by atoms with E-state index in [1.807, 2.05) is 30.3 Å². The third-order valence-corrected chi connectivity index (χ3v) is 5.11. The number of hydrogen-bond acceptors (Lipinski definition) is 3. The van der Waals surface area contributed by atoms with E-state index in [1.54, 1.807) is 0 Å². The number of pyridine rings is 1. The predicted octanol–water partition coefficient (Wildman–Crippen LogP) is 4.39. The molecule has 4 rings (SSSR count). The second-order valence-corrected chi connectivity index (χ2v) is 7.09. The van der Waals surface area contributed by atoms with Crippen LogP contribution in [0.4, 0.5) is 0 Å². The second kappa shape index (κ2) is 7.30. The van der Waals surface area contributed by atoms with Crippen LogP contribution in [-0.2, 0) is 25.0 Å². The third kappa shape index (κ3) is 3.63. The molecule has 3 heteroatoms. The molecule has 3 aromatic rings. The molecule has 1 aromatic heterocycles. The van der Waals surface area contributed by atoms with E-state index in [0.717, 1.165) is 36.9 Å². The number of hydrogen-bond donors (Lipinski definition) is 1. The lowest BCUT2D eigenvalue weighted by atomic mass is 9.75. The fraction of sp³-hybridized carbons (Fsp3) is 0.261. The molecule has 0 fully saturated rings. The molecule has 3 nitrogen and oxygen atoms in total. The minimum atomic E-state index is -0.347. The molecule has 2 aromatic carbocycles. The van der Waals surface area contributed by atoms with Gasteiger partial charge in [0.2, 0.25) is 5.88 Å². The molecule has 0 amide bonds. The number of fused-ring (bicyclic) bond motifs is 1. The Labute approximate surface area is 154 Å². The molecule has 0 spiro atoms. The summed E-state index contributed by atoms with van der Waals surface area (Å²) < 4.78 is 5.89. The molecule has 0 saturated heterocycles. The van der Waals surface area contributed by atoms with Crippen LogP contribution in [0.2, 0.25) is 0 Å². The lowest BCUT2D eigenvalue weighted by Gasteiger charge is -2.35. The Morgan fingerprint density at radius 1 is 0.885 bits per heavy atom. The molecule has 26 heavy (non-hydrogen) atoms. The number of nitrogens with two attached hydrogens (primary N) is 1. The fourth-order valence-electron chi connectivity index (χ4n) is 3.79. The Kier molecular flexibility index (Phi) is 4.72. The van der Waals surface area contributed by atoms with Crippen LogP contribution in [0.25, 0.3) is 0 Å². The molecule has 0 aliphatic heterocycles. The maximum Gasteiger partial charge on any atom is 0.213 e. The zero-order valence-electron chi connectivity index (χ0n) is 14.9. The highest BCUT2D eigenvalue weighted by Crippen LogP contribution is 2.36. The smallest absolute Gasteiger partial charge is 0.213 e. The molecule has 1 unspecified atom stereocenters. The van der Waals surface area contributed by atoms with Gasteiger partial charge in [0, 0.05) is 17.3 Å². The number of ether oxygens (including phenoxy) is 1. The van der Waals surface area contributed by atoms with Gasteiger partial charge in [-0.05, 0) is 48.4 Å². The Hall–Kier alpha value is -2.65. The number of nitrogens with zero attached hydrogens (tertiary/aromatic N) is 1. The highest BCUT2D eigenvalue weighted by Gasteiger charge is 2.33. The number of rotatable bonds is 5. The van der Waals surface area contributed by atoms with Crippen LogP contribution in [0.15, 0.2) is 72.8 Å². The van der Waals surface area contributed by atoms with E-state index in [4.69, 9.17) is 15.5 Å². The first kappa shape index (κ1) is 16.8. The molecular weight excluding hydrogens is 320 g/mol. The van der Waals surface area contributed by atoms with Crippen LogP contribution in [0.1, 0.15) is 35.2 Å². The maximum atomic E-state index is 6.84. The van der Waals surface area contributed by atoms with Crippen molar-refractivity contribution in [2.24, 2.45) is 5.73 Å². The highest BCUT2D eigenvalue weighted by molar-refractivity contribution is 5.36. The Morgan fingerprint density at radius 3 is 2.31 bits per heavy atom. The van der Waals surface area contributed by atoms with E-state index < -0.39 is 0 Å². The Bertz CT molecular complexity index is 864. The van der Waals surface area contributed by atoms with Gasteiger partial charge in [-0.15, -0.1) is 0 Å². The third-order valence-electron chi connectivity index (χ3n) is 5.11. The lowest BCUT2D eigenvalue weighted by Crippen LogP contribution is -2.42. The average Bonchev–Trinajstić information content (AvgIpc) is 2.68. The molecule has 1 aliphatic carbocycles. The van der Waals surface area contributed by atoms with E-state index in [0.29, 0.717) is 12.5 Å². The van der Waals surface area contributed by atoms with Crippen molar-refractivity contribution in [2.75, 3.05) is 0 Å². The second-order valence-electron chi connectivity index (χ2n) is 7.09. The summed E-state index contributed by atoms with van der Waals surface area (Å²) >= 11 is 0. The van der Waals surface area contributed by atoms with Gasteiger partial charge in [-0.25, -0.2) is 4.98 Å². The van der Waals surface area contributed by atoms with Gasteiger partial charge < -0.3 is 10.5 Å². The molecule has 1 heterocycles. The highest BCUT2D eigenvalue weighted by atomic mass is 16.5. The van der Waals surface area contributed by atoms with Gasteiger partial charge in [0.25, 0.3) is 0 Å². The van der Waals surface area contributed by atoms with E-state index >= 15 is 0 Å². The SMILES string of the molecule is NC1(Cc2ccccc2)CCCc2nc(OCc3ccccc3)ccc21. The summed E-state index contributed by atoms with van der Waals surface area (Å²) in [5.74, 6) is 0.677. The molecule has 0 bridgehead atoms. The first-order valence-corrected chi connectivity index (χ1v) is 9.23. The summed E-state index contributed by atoms with van der Waals surface area (Å²) in [6.07, 6.45) is 3.85. The summed E-state index contributed by atoms with van der Waals surface area (Å²) in [7, 11) is 0. The van der Waals surface area contributed by atoms with Gasteiger partial charge in [-0.1, -0.05) is 60.7 Å². The molecule has 0 radical (unpaired) electrons. The summed E-state index contributed by atoms with van der Waals surface area (Å²) in [4.78, 5) is 4.76. The van der Waals surface area contributed by atoms with Crippen molar-refractivity contribution in [3.8, 4) is 5.88 Å². The van der Waals surface area contributed by atoms with E-state index in [9.17, 15) is 0 Å². The normalized spacial score (nSPS) is 19.0. The molecule has 2 N–H and O–H groups in total. The van der Waals surface area contributed by atoms with Gasteiger partial charge in [0.1, 0.15) is 6.61 Å². The van der Waals surface area contributed by atoms with Crippen molar-refractivity contribution >= 4 is 0 Å². The van der Waals surface area contributed by atoms with Gasteiger partial charge in [0.15, 0.2) is 0 Å². The minimum Gasteiger partial charge on any atom is -0.473 e. The first-order chi connectivity index (χ1) is 12.7. The molecular formula is C23H24N2O. The summed E-state index contributed by atoms with van der Waals surface area (Å²) in [6, 6.07) is 24.7. The largest absolute Gasteiger partial charge is 0.473 e. The number of aromatic nitrogens is 1. The van der Waals surface area contributed by atoms with Crippen LogP contribution in [0, 0.1) is 0 Å². The van der Waals surface area contributed by atoms with Crippen LogP contribution in [0.3, 0.4) is 0 Å². The maximum absolute atomic E-state index is 6.84. The Balaban J connectivity index is 1.53. The summed E-state index contributed by atoms with van der Waals surface area (Å²) in [5, 5.41) is 0. The molecule has 0 saturated carbocycles. The topological polar surface area (TPSA) is 48.1 Å². The van der Waals surface area contributed by atoms with Crippen molar-refractivity contribution in [2.45, 2.75) is 37.8 Å². The standard InChI is InChI=1S/C23H24N2O/c24-23(16-18-8-3-1-4-9-18)15-7-12-21-20(23)13-14-22(25-21)26-17-19-10-5-2-6-11-19/h1-6,8-11,13-14H,7,12,15-17,24H2. The Morgan fingerprint density at radius 2 is 1.58 bits per heavy atom. The zero-order chi connectivity index (χ0) is 17.8. The number of benzene rings is 2. The van der Waals surface area contributed by atoms with Gasteiger partial charge in [-0.2, -0.15) is 0 Å². The quantitative estimate of drug-likeness (QED) is 0.746. The molecule has 1 atom stereocenters. The van der Waals surface area contributed by atoms with Gasteiger partial charge in [0.05, 0.1) is 0 Å². The van der Waals surface area contributed by atoms with Crippen molar-refractivity contribution in [3.63, 3.8) is 0 Å². The van der Waals surface area contributed by atoms with Crippen LogP contribution in [-0.4, -0.2) is 4.98 Å². The van der Waals surface area contributed by atoms with Gasteiger partial charge >= 0.3 is 0 Å². The summed E-state index contributed by atoms with van der Waals surface area (Å²) in [5.41, 5.74) is 11.2. The first-order valence-electron chi connectivity index (χ1n) is 9.23. The van der Waals surface area contributed by atoms with Crippen LogP contribution < -0.4 is 10.5 Å². The molecule has 132 valence electrons. The van der Waals surface area contributed by atoms with E-state index in [2.05, 4.69) is 42.5 Å². The lowest BCUT2D eigenvalue weighted by molar-refractivity contribution is 0.289. The predicted molar refractivity (Wildman–Crippen MR) is 104 cm³/mol. The van der Waals surface area contributed by atoms with E-state index in [1.165, 1.54) is 11.1 Å². The zero-order valence-corrected chi connectivity index (χ0v) is 14.9. The van der Waals surface area contributed by atoms with Gasteiger partial charge in [-0.3, -0.25) is 0 Å². The van der Waals surface area contributed by atoms with Crippen molar-refractivity contribution in [3.05, 3.63) is 95.2 Å². The monoisotopic (exact) mass is 344 g/mol. The summed E-state index contributed by atoms with van der Waals surface area (Å²) in [6.45, 7) is 0.532. The van der Waals surface area contributed by atoms with Crippen molar-refractivity contribution in [1.29, 1.82) is 0 Å². The van der Waals surface area contributed by atoms with Crippen LogP contribution >= 0.6 is 0 Å². The van der Waals surface area contributed by atoms with Crippen LogP contribution in [0.5, 0.6) is 5.88 Å².